The van der Waals surface area contributed by atoms with Gasteiger partial charge < -0.3 is 10.8 Å². The van der Waals surface area contributed by atoms with Crippen LogP contribution < -0.4 is 5.73 Å². The van der Waals surface area contributed by atoms with E-state index in [4.69, 9.17) is 10.8 Å². The normalized spacial score (nSPS) is 12.6. The monoisotopic (exact) mass is 235 g/mol. The van der Waals surface area contributed by atoms with Crippen molar-refractivity contribution in [1.82, 2.24) is 9.97 Å². The molecule has 0 bridgehead atoms. The van der Waals surface area contributed by atoms with Crippen molar-refractivity contribution < 1.29 is 14.3 Å². The van der Waals surface area contributed by atoms with Crippen molar-refractivity contribution >= 4 is 22.7 Å². The molecule has 1 aromatic carbocycles. The maximum absolute atomic E-state index is 13.5. The van der Waals surface area contributed by atoms with Crippen molar-refractivity contribution in [2.75, 3.05) is 5.73 Å². The minimum Gasteiger partial charge on any atom is -0.481 e. The molecule has 0 aliphatic carbocycles. The first-order valence-electron chi connectivity index (χ1n) is 4.95. The average Bonchev–Trinajstić information content (AvgIpc) is 2.29. The molecule has 0 radical (unpaired) electrons. The van der Waals surface area contributed by atoms with E-state index in [1.54, 1.807) is 6.07 Å². The smallest absolute Gasteiger partial charge is 0.313 e. The molecule has 5 nitrogen and oxygen atoms in total. The number of nitrogens with zero attached hydrogens (tertiary/aromatic N) is 2. The number of rotatable bonds is 2. The Labute approximate surface area is 96.1 Å². The third kappa shape index (κ3) is 1.89. The van der Waals surface area contributed by atoms with Gasteiger partial charge in [-0.1, -0.05) is 6.07 Å². The van der Waals surface area contributed by atoms with Crippen molar-refractivity contribution in [3.05, 3.63) is 29.8 Å². The highest BCUT2D eigenvalue weighted by atomic mass is 19.1. The SMILES string of the molecule is CC(C(=O)O)c1nc(N)c2cccc(F)c2n1. The first-order valence-corrected chi connectivity index (χ1v) is 4.95. The summed E-state index contributed by atoms with van der Waals surface area (Å²) in [5, 5.41) is 9.23. The van der Waals surface area contributed by atoms with Crippen LogP contribution in [0.2, 0.25) is 0 Å². The fourth-order valence-electron chi connectivity index (χ4n) is 1.46. The number of carboxylic acids is 1. The maximum atomic E-state index is 13.5. The number of halogens is 1. The number of carbonyl (C=O) groups is 1. The molecule has 0 spiro atoms. The van der Waals surface area contributed by atoms with Gasteiger partial charge >= 0.3 is 5.97 Å². The van der Waals surface area contributed by atoms with Gasteiger partial charge in [-0.15, -0.1) is 0 Å². The molecule has 0 aliphatic rings. The molecule has 3 N–H and O–H groups in total. The molecule has 1 aromatic heterocycles. The Balaban J connectivity index is 2.70. The van der Waals surface area contributed by atoms with Crippen LogP contribution in [-0.4, -0.2) is 21.0 Å². The Morgan fingerprint density at radius 3 is 2.82 bits per heavy atom. The number of aromatic nitrogens is 2. The van der Waals surface area contributed by atoms with Crippen LogP contribution in [0.15, 0.2) is 18.2 Å². The zero-order valence-corrected chi connectivity index (χ0v) is 9.01. The standard InChI is InChI=1S/C11H10FN3O2/c1-5(11(16)17)10-14-8-6(9(13)15-10)3-2-4-7(8)12/h2-5H,1H3,(H,16,17)(H2,13,14,15). The Morgan fingerprint density at radius 1 is 1.47 bits per heavy atom. The van der Waals surface area contributed by atoms with Gasteiger partial charge in [0.1, 0.15) is 28.9 Å². The van der Waals surface area contributed by atoms with Crippen molar-refractivity contribution in [3.8, 4) is 0 Å². The molecule has 1 heterocycles. The summed E-state index contributed by atoms with van der Waals surface area (Å²) >= 11 is 0. The third-order valence-corrected chi connectivity index (χ3v) is 2.48. The molecule has 2 rings (SSSR count). The first-order chi connectivity index (χ1) is 8.00. The van der Waals surface area contributed by atoms with Crippen LogP contribution in [0.4, 0.5) is 10.2 Å². The second-order valence-corrected chi connectivity index (χ2v) is 3.66. The largest absolute Gasteiger partial charge is 0.481 e. The summed E-state index contributed by atoms with van der Waals surface area (Å²) in [4.78, 5) is 18.6. The quantitative estimate of drug-likeness (QED) is 0.824. The van der Waals surface area contributed by atoms with Crippen LogP contribution in [0.3, 0.4) is 0 Å². The molecule has 17 heavy (non-hydrogen) atoms. The lowest BCUT2D eigenvalue weighted by atomic mass is 10.1. The molecule has 0 saturated heterocycles. The zero-order chi connectivity index (χ0) is 12.6. The Bertz CT molecular complexity index is 601. The molecule has 6 heteroatoms. The highest BCUT2D eigenvalue weighted by Crippen LogP contribution is 2.23. The van der Waals surface area contributed by atoms with Gasteiger partial charge in [0.25, 0.3) is 0 Å². The van der Waals surface area contributed by atoms with E-state index in [1.807, 2.05) is 0 Å². The molecule has 1 unspecified atom stereocenters. The van der Waals surface area contributed by atoms with Gasteiger partial charge in [-0.25, -0.2) is 14.4 Å². The Kier molecular flexibility index (Phi) is 2.63. The number of hydrogen-bond acceptors (Lipinski definition) is 4. The van der Waals surface area contributed by atoms with Gasteiger partial charge in [0.05, 0.1) is 0 Å². The molecule has 0 aliphatic heterocycles. The van der Waals surface area contributed by atoms with Gasteiger partial charge in [-0.3, -0.25) is 4.79 Å². The predicted octanol–water partition coefficient (Wildman–Crippen LogP) is 1.54. The van der Waals surface area contributed by atoms with E-state index in [2.05, 4.69) is 9.97 Å². The highest BCUT2D eigenvalue weighted by molar-refractivity contribution is 5.88. The summed E-state index contributed by atoms with van der Waals surface area (Å²) in [5.41, 5.74) is 5.70. The molecule has 0 fully saturated rings. The van der Waals surface area contributed by atoms with Crippen molar-refractivity contribution in [1.29, 1.82) is 0 Å². The average molecular weight is 235 g/mol. The van der Waals surface area contributed by atoms with Crippen LogP contribution >= 0.6 is 0 Å². The number of nitrogens with two attached hydrogens (primary N) is 1. The zero-order valence-electron chi connectivity index (χ0n) is 9.01. The van der Waals surface area contributed by atoms with E-state index >= 15 is 0 Å². The van der Waals surface area contributed by atoms with Crippen LogP contribution in [0.1, 0.15) is 18.7 Å². The lowest BCUT2D eigenvalue weighted by Crippen LogP contribution is -2.13. The first kappa shape index (κ1) is 11.3. The van der Waals surface area contributed by atoms with Crippen LogP contribution in [0, 0.1) is 5.82 Å². The Hall–Kier alpha value is -2.24. The minimum absolute atomic E-state index is 0.00704. The maximum Gasteiger partial charge on any atom is 0.313 e. The highest BCUT2D eigenvalue weighted by Gasteiger charge is 2.19. The van der Waals surface area contributed by atoms with E-state index < -0.39 is 17.7 Å². The number of aliphatic carboxylic acids is 1. The van der Waals surface area contributed by atoms with Gasteiger partial charge in [0.2, 0.25) is 0 Å². The molecule has 88 valence electrons. The number of hydrogen-bond donors (Lipinski definition) is 2. The van der Waals surface area contributed by atoms with E-state index in [9.17, 15) is 9.18 Å². The summed E-state index contributed by atoms with van der Waals surface area (Å²) in [6, 6.07) is 4.32. The summed E-state index contributed by atoms with van der Waals surface area (Å²) in [7, 11) is 0. The summed E-state index contributed by atoms with van der Waals surface area (Å²) in [6.07, 6.45) is 0. The molecule has 1 atom stereocenters. The number of fused-ring (bicyclic) bond motifs is 1. The Morgan fingerprint density at radius 2 is 2.18 bits per heavy atom. The van der Waals surface area contributed by atoms with Crippen molar-refractivity contribution in [2.45, 2.75) is 12.8 Å². The molecular weight excluding hydrogens is 225 g/mol. The van der Waals surface area contributed by atoms with Gasteiger partial charge in [-0.05, 0) is 19.1 Å². The molecular formula is C11H10FN3O2. The van der Waals surface area contributed by atoms with Crippen LogP contribution in [-0.2, 0) is 4.79 Å². The molecule has 2 aromatic rings. The fraction of sp³-hybridized carbons (Fsp3) is 0.182. The summed E-state index contributed by atoms with van der Waals surface area (Å²) < 4.78 is 13.5. The predicted molar refractivity (Wildman–Crippen MR) is 60.0 cm³/mol. The lowest BCUT2D eigenvalue weighted by Gasteiger charge is -2.08. The van der Waals surface area contributed by atoms with Gasteiger partial charge in [0, 0.05) is 5.39 Å². The number of nitrogen functional groups attached to an aromatic ring is 1. The number of carboxylic acid groups (broad SMARTS) is 1. The summed E-state index contributed by atoms with van der Waals surface area (Å²) in [6.45, 7) is 1.42. The van der Waals surface area contributed by atoms with E-state index in [0.29, 0.717) is 5.39 Å². The van der Waals surface area contributed by atoms with Gasteiger partial charge in [0.15, 0.2) is 0 Å². The van der Waals surface area contributed by atoms with Crippen LogP contribution in [0.25, 0.3) is 10.9 Å². The minimum atomic E-state index is -1.08. The number of benzene rings is 1. The second-order valence-electron chi connectivity index (χ2n) is 3.66. The van der Waals surface area contributed by atoms with Crippen LogP contribution in [0.5, 0.6) is 0 Å². The van der Waals surface area contributed by atoms with Crippen molar-refractivity contribution in [3.63, 3.8) is 0 Å². The fourth-order valence-corrected chi connectivity index (χ4v) is 1.46. The summed E-state index contributed by atoms with van der Waals surface area (Å²) in [5.74, 6) is -2.47. The van der Waals surface area contributed by atoms with Gasteiger partial charge in [-0.2, -0.15) is 0 Å². The number of para-hydroxylation sites is 1. The topological polar surface area (TPSA) is 89.1 Å². The number of anilines is 1. The van der Waals surface area contributed by atoms with E-state index in [1.165, 1.54) is 19.1 Å². The van der Waals surface area contributed by atoms with E-state index in [0.717, 1.165) is 0 Å². The third-order valence-electron chi connectivity index (χ3n) is 2.48. The lowest BCUT2D eigenvalue weighted by molar-refractivity contribution is -0.138. The molecule has 0 amide bonds. The second kappa shape index (κ2) is 3.97. The van der Waals surface area contributed by atoms with Crippen molar-refractivity contribution in [2.24, 2.45) is 0 Å². The molecule has 0 saturated carbocycles. The van der Waals surface area contributed by atoms with E-state index in [-0.39, 0.29) is 17.2 Å².